The van der Waals surface area contributed by atoms with Crippen LogP contribution in [-0.2, 0) is 9.47 Å². The van der Waals surface area contributed by atoms with Crippen LogP contribution in [0.1, 0.15) is 23.2 Å². The predicted molar refractivity (Wildman–Crippen MR) is 78.6 cm³/mol. The third kappa shape index (κ3) is 4.26. The van der Waals surface area contributed by atoms with Gasteiger partial charge in [-0.2, -0.15) is 0 Å². The van der Waals surface area contributed by atoms with E-state index in [1.165, 1.54) is 6.07 Å². The van der Waals surface area contributed by atoms with Crippen molar-refractivity contribution in [1.29, 1.82) is 0 Å². The molecule has 0 saturated carbocycles. The minimum atomic E-state index is -0.555. The summed E-state index contributed by atoms with van der Waals surface area (Å²) in [5, 5.41) is 7.96. The van der Waals surface area contributed by atoms with E-state index in [0.29, 0.717) is 24.6 Å². The molecule has 1 amide bonds. The second-order valence-electron chi connectivity index (χ2n) is 4.82. The maximum atomic E-state index is 11.5. The van der Waals surface area contributed by atoms with Crippen molar-refractivity contribution in [3.05, 3.63) is 16.8 Å². The van der Waals surface area contributed by atoms with E-state index in [1.807, 2.05) is 4.90 Å². The molecule has 0 radical (unpaired) electrons. The molecule has 2 rings (SSSR count). The molecule has 1 aliphatic rings. The average Bonchev–Trinajstić information content (AvgIpc) is 2.48. The van der Waals surface area contributed by atoms with E-state index in [1.54, 1.807) is 7.11 Å². The molecule has 2 N–H and O–H groups in total. The van der Waals surface area contributed by atoms with Gasteiger partial charge < -0.3 is 20.1 Å². The van der Waals surface area contributed by atoms with E-state index in [9.17, 15) is 4.79 Å². The number of nitrogens with zero attached hydrogens (tertiary/aromatic N) is 3. The Labute approximate surface area is 128 Å². The molecule has 1 aromatic rings. The molecular weight excluding hydrogens is 296 g/mol. The zero-order chi connectivity index (χ0) is 15.2. The average molecular weight is 315 g/mol. The fraction of sp³-hybridized carbons (Fsp3) is 0.615. The maximum Gasteiger partial charge on any atom is 0.252 e. The molecule has 0 aliphatic carbocycles. The smallest absolute Gasteiger partial charge is 0.252 e. The molecule has 1 saturated heterocycles. The number of nitrogens with two attached hydrogens (primary N) is 1. The Kier molecular flexibility index (Phi) is 5.72. The summed E-state index contributed by atoms with van der Waals surface area (Å²) in [4.78, 5) is 13.5. The highest BCUT2D eigenvalue weighted by atomic mass is 35.5. The lowest BCUT2D eigenvalue weighted by Crippen LogP contribution is -2.39. The first-order valence-electron chi connectivity index (χ1n) is 6.80. The Hall–Kier alpha value is -1.44. The molecule has 0 aromatic carbocycles. The van der Waals surface area contributed by atoms with Gasteiger partial charge in [0.1, 0.15) is 0 Å². The fourth-order valence-corrected chi connectivity index (χ4v) is 2.46. The van der Waals surface area contributed by atoms with Gasteiger partial charge in [0.25, 0.3) is 5.91 Å². The first kappa shape index (κ1) is 15.9. The molecule has 0 unspecified atom stereocenters. The molecule has 0 bridgehead atoms. The Morgan fingerprint density at radius 3 is 2.76 bits per heavy atom. The van der Waals surface area contributed by atoms with Crippen molar-refractivity contribution in [2.45, 2.75) is 18.9 Å². The number of hydrogen-bond donors (Lipinski definition) is 1. The van der Waals surface area contributed by atoms with E-state index in [4.69, 9.17) is 26.8 Å². The van der Waals surface area contributed by atoms with Gasteiger partial charge in [0.15, 0.2) is 11.0 Å². The Bertz CT molecular complexity index is 492. The minimum Gasteiger partial charge on any atom is -0.382 e. The Morgan fingerprint density at radius 2 is 2.14 bits per heavy atom. The molecule has 8 heteroatoms. The number of ether oxygens (including phenoxy) is 2. The molecule has 1 aliphatic heterocycles. The van der Waals surface area contributed by atoms with Crippen LogP contribution in [0.3, 0.4) is 0 Å². The van der Waals surface area contributed by atoms with Crippen molar-refractivity contribution in [3.63, 3.8) is 0 Å². The van der Waals surface area contributed by atoms with Crippen LogP contribution in [0, 0.1) is 0 Å². The third-order valence-corrected chi connectivity index (χ3v) is 3.58. The van der Waals surface area contributed by atoms with Gasteiger partial charge >= 0.3 is 0 Å². The van der Waals surface area contributed by atoms with Crippen LogP contribution < -0.4 is 10.6 Å². The van der Waals surface area contributed by atoms with E-state index >= 15 is 0 Å². The summed E-state index contributed by atoms with van der Waals surface area (Å²) in [7, 11) is 1.65. The lowest BCUT2D eigenvalue weighted by Gasteiger charge is -2.33. The van der Waals surface area contributed by atoms with Crippen molar-refractivity contribution in [2.24, 2.45) is 5.73 Å². The Balaban J connectivity index is 1.97. The molecule has 21 heavy (non-hydrogen) atoms. The number of carbonyl (C=O) groups excluding carboxylic acids is 1. The van der Waals surface area contributed by atoms with Crippen LogP contribution in [0.5, 0.6) is 0 Å². The lowest BCUT2D eigenvalue weighted by atomic mass is 10.1. The summed E-state index contributed by atoms with van der Waals surface area (Å²) >= 11 is 5.76. The number of halogens is 1. The number of primary amides is 1. The number of aromatic nitrogens is 2. The van der Waals surface area contributed by atoms with Gasteiger partial charge in [-0.05, 0) is 18.9 Å². The summed E-state index contributed by atoms with van der Waals surface area (Å²) < 4.78 is 10.7. The highest BCUT2D eigenvalue weighted by molar-refractivity contribution is 6.29. The zero-order valence-electron chi connectivity index (χ0n) is 11.9. The van der Waals surface area contributed by atoms with Crippen LogP contribution in [0.2, 0.25) is 5.15 Å². The van der Waals surface area contributed by atoms with E-state index < -0.39 is 5.91 Å². The predicted octanol–water partition coefficient (Wildman–Crippen LogP) is 0.861. The second-order valence-corrected chi connectivity index (χ2v) is 5.21. The standard InChI is InChI=1S/C13H19ClN4O3/c1-20-6-7-21-9-2-4-18(5-3-9)13-10(12(15)19)8-11(14)16-17-13/h8-9H,2-7H2,1H3,(H2,15,19). The van der Waals surface area contributed by atoms with E-state index in [2.05, 4.69) is 10.2 Å². The molecular formula is C13H19ClN4O3. The van der Waals surface area contributed by atoms with Gasteiger partial charge in [-0.1, -0.05) is 11.6 Å². The fourth-order valence-electron chi connectivity index (χ4n) is 2.31. The van der Waals surface area contributed by atoms with Gasteiger partial charge in [0.05, 0.1) is 24.9 Å². The topological polar surface area (TPSA) is 90.6 Å². The number of piperidine rings is 1. The molecule has 2 heterocycles. The highest BCUT2D eigenvalue weighted by Gasteiger charge is 2.24. The van der Waals surface area contributed by atoms with Crippen LogP contribution >= 0.6 is 11.6 Å². The van der Waals surface area contributed by atoms with Gasteiger partial charge in [0, 0.05) is 20.2 Å². The molecule has 7 nitrogen and oxygen atoms in total. The summed E-state index contributed by atoms with van der Waals surface area (Å²) in [5.74, 6) is -0.0671. The highest BCUT2D eigenvalue weighted by Crippen LogP contribution is 2.23. The summed E-state index contributed by atoms with van der Waals surface area (Å²) in [6.07, 6.45) is 1.91. The summed E-state index contributed by atoms with van der Waals surface area (Å²) in [6, 6.07) is 1.45. The number of rotatable bonds is 6. The molecule has 0 atom stereocenters. The largest absolute Gasteiger partial charge is 0.382 e. The first-order chi connectivity index (χ1) is 10.1. The first-order valence-corrected chi connectivity index (χ1v) is 7.18. The van der Waals surface area contributed by atoms with E-state index in [-0.39, 0.29) is 11.3 Å². The van der Waals surface area contributed by atoms with Crippen LogP contribution in [0.25, 0.3) is 0 Å². The van der Waals surface area contributed by atoms with Crippen LogP contribution in [-0.4, -0.2) is 55.6 Å². The summed E-state index contributed by atoms with van der Waals surface area (Å²) in [5.41, 5.74) is 5.67. The summed E-state index contributed by atoms with van der Waals surface area (Å²) in [6.45, 7) is 2.64. The quantitative estimate of drug-likeness (QED) is 0.783. The maximum absolute atomic E-state index is 11.5. The molecule has 1 aromatic heterocycles. The van der Waals surface area contributed by atoms with Crippen molar-refractivity contribution in [1.82, 2.24) is 10.2 Å². The molecule has 0 spiro atoms. The monoisotopic (exact) mass is 314 g/mol. The van der Waals surface area contributed by atoms with Gasteiger partial charge in [-0.3, -0.25) is 4.79 Å². The van der Waals surface area contributed by atoms with E-state index in [0.717, 1.165) is 25.9 Å². The van der Waals surface area contributed by atoms with Crippen molar-refractivity contribution < 1.29 is 14.3 Å². The van der Waals surface area contributed by atoms with Crippen molar-refractivity contribution >= 4 is 23.3 Å². The van der Waals surface area contributed by atoms with Gasteiger partial charge in [0.2, 0.25) is 0 Å². The molecule has 1 fully saturated rings. The number of hydrogen-bond acceptors (Lipinski definition) is 6. The van der Waals surface area contributed by atoms with Crippen LogP contribution in [0.4, 0.5) is 5.82 Å². The number of methoxy groups -OCH3 is 1. The number of anilines is 1. The second kappa shape index (κ2) is 7.53. The SMILES string of the molecule is COCCOC1CCN(c2nnc(Cl)cc2C(N)=O)CC1. The third-order valence-electron chi connectivity index (χ3n) is 3.39. The number of carbonyl (C=O) groups is 1. The van der Waals surface area contributed by atoms with Gasteiger partial charge in [-0.25, -0.2) is 0 Å². The zero-order valence-corrected chi connectivity index (χ0v) is 12.7. The normalized spacial score (nSPS) is 16.2. The van der Waals surface area contributed by atoms with Crippen molar-refractivity contribution in [3.8, 4) is 0 Å². The minimum absolute atomic E-state index is 0.158. The van der Waals surface area contributed by atoms with Gasteiger partial charge in [-0.15, -0.1) is 10.2 Å². The van der Waals surface area contributed by atoms with Crippen LogP contribution in [0.15, 0.2) is 6.07 Å². The number of amides is 1. The Morgan fingerprint density at radius 1 is 1.43 bits per heavy atom. The molecule has 116 valence electrons. The lowest BCUT2D eigenvalue weighted by molar-refractivity contribution is 0.00602. The van der Waals surface area contributed by atoms with Crippen molar-refractivity contribution in [2.75, 3.05) is 38.3 Å².